The van der Waals surface area contributed by atoms with Crippen LogP contribution in [0.5, 0.6) is 5.75 Å². The number of aliphatic imine (C=N–C) groups is 1. The van der Waals surface area contributed by atoms with Crippen LogP contribution in [0.4, 0.5) is 5.69 Å². The van der Waals surface area contributed by atoms with E-state index < -0.39 is 16.0 Å². The SMILES string of the molecule is NC(N)=Nc1ccc(OC(=O)c2cccc(S(N)(=O)=O)c2)cc1. The molecule has 9 heteroatoms. The Hall–Kier alpha value is -2.91. The van der Waals surface area contributed by atoms with Gasteiger partial charge >= 0.3 is 5.97 Å². The summed E-state index contributed by atoms with van der Waals surface area (Å²) in [6.07, 6.45) is 0. The van der Waals surface area contributed by atoms with Crippen molar-refractivity contribution in [2.45, 2.75) is 4.90 Å². The van der Waals surface area contributed by atoms with Crippen molar-refractivity contribution in [1.82, 2.24) is 0 Å². The first-order chi connectivity index (χ1) is 10.8. The van der Waals surface area contributed by atoms with E-state index in [1.54, 1.807) is 12.1 Å². The van der Waals surface area contributed by atoms with Crippen LogP contribution in [0.2, 0.25) is 0 Å². The minimum absolute atomic E-state index is 0.0600. The highest BCUT2D eigenvalue weighted by atomic mass is 32.2. The summed E-state index contributed by atoms with van der Waals surface area (Å²) >= 11 is 0. The number of primary sulfonamides is 1. The standard InChI is InChI=1S/C14H14N4O4S/c15-14(16)18-10-4-6-11(7-5-10)22-13(19)9-2-1-3-12(8-9)23(17,20)21/h1-8H,(H4,15,16,18)(H2,17,20,21). The zero-order chi connectivity index (χ0) is 17.0. The minimum atomic E-state index is -3.90. The van der Waals surface area contributed by atoms with Crippen LogP contribution in [0.3, 0.4) is 0 Å². The number of hydrogen-bond acceptors (Lipinski definition) is 5. The van der Waals surface area contributed by atoms with Gasteiger partial charge < -0.3 is 16.2 Å². The number of carbonyl (C=O) groups is 1. The average molecular weight is 334 g/mol. The van der Waals surface area contributed by atoms with Crippen molar-refractivity contribution in [3.05, 3.63) is 54.1 Å². The van der Waals surface area contributed by atoms with Crippen LogP contribution >= 0.6 is 0 Å². The third kappa shape index (κ3) is 4.53. The maximum Gasteiger partial charge on any atom is 0.343 e. The predicted octanol–water partition coefficient (Wildman–Crippen LogP) is 0.458. The molecular formula is C14H14N4O4S. The lowest BCUT2D eigenvalue weighted by atomic mass is 10.2. The number of carbonyl (C=O) groups excluding carboxylic acids is 1. The van der Waals surface area contributed by atoms with Crippen molar-refractivity contribution < 1.29 is 17.9 Å². The monoisotopic (exact) mass is 334 g/mol. The maximum absolute atomic E-state index is 12.0. The lowest BCUT2D eigenvalue weighted by molar-refractivity contribution is 0.0734. The zero-order valence-corrected chi connectivity index (χ0v) is 12.7. The van der Waals surface area contributed by atoms with Crippen molar-refractivity contribution in [3.8, 4) is 5.75 Å². The summed E-state index contributed by atoms with van der Waals surface area (Å²) in [5.74, 6) is -0.551. The molecule has 0 saturated carbocycles. The Labute approximate surface area is 132 Å². The fourth-order valence-corrected chi connectivity index (χ4v) is 2.26. The first kappa shape index (κ1) is 16.5. The van der Waals surface area contributed by atoms with Crippen LogP contribution < -0.4 is 21.3 Å². The molecule has 0 aliphatic rings. The van der Waals surface area contributed by atoms with Gasteiger partial charge in [-0.1, -0.05) is 6.07 Å². The Morgan fingerprint density at radius 2 is 1.70 bits per heavy atom. The first-order valence-electron chi connectivity index (χ1n) is 6.30. The Kier molecular flexibility index (Phi) is 4.63. The molecule has 0 aliphatic heterocycles. The summed E-state index contributed by atoms with van der Waals surface area (Å²) in [4.78, 5) is 15.7. The van der Waals surface area contributed by atoms with Gasteiger partial charge in [-0.25, -0.2) is 23.3 Å². The van der Waals surface area contributed by atoms with Crippen molar-refractivity contribution in [3.63, 3.8) is 0 Å². The first-order valence-corrected chi connectivity index (χ1v) is 7.85. The largest absolute Gasteiger partial charge is 0.423 e. The van der Waals surface area contributed by atoms with Crippen LogP contribution in [-0.4, -0.2) is 20.3 Å². The normalized spacial score (nSPS) is 10.8. The number of hydrogen-bond donors (Lipinski definition) is 3. The number of nitrogens with two attached hydrogens (primary N) is 3. The van der Waals surface area contributed by atoms with Crippen LogP contribution in [-0.2, 0) is 10.0 Å². The average Bonchev–Trinajstić information content (AvgIpc) is 2.48. The molecule has 0 aliphatic carbocycles. The Balaban J connectivity index is 2.18. The third-order valence-corrected chi connectivity index (χ3v) is 3.61. The van der Waals surface area contributed by atoms with E-state index in [-0.39, 0.29) is 22.2 Å². The molecule has 2 aromatic carbocycles. The minimum Gasteiger partial charge on any atom is -0.423 e. The number of guanidine groups is 1. The van der Waals surface area contributed by atoms with Crippen molar-refractivity contribution in [2.24, 2.45) is 21.6 Å². The van der Waals surface area contributed by atoms with Gasteiger partial charge in [0.15, 0.2) is 5.96 Å². The van der Waals surface area contributed by atoms with Gasteiger partial charge in [-0.05, 0) is 42.5 Å². The van der Waals surface area contributed by atoms with E-state index in [9.17, 15) is 13.2 Å². The molecule has 0 amide bonds. The predicted molar refractivity (Wildman–Crippen MR) is 84.7 cm³/mol. The highest BCUT2D eigenvalue weighted by Crippen LogP contribution is 2.19. The summed E-state index contributed by atoms with van der Waals surface area (Å²) < 4.78 is 27.7. The maximum atomic E-state index is 12.0. The smallest absolute Gasteiger partial charge is 0.343 e. The summed E-state index contributed by atoms with van der Waals surface area (Å²) in [6, 6.07) is 11.4. The molecule has 0 heterocycles. The molecule has 2 rings (SSSR count). The number of benzene rings is 2. The Bertz CT molecular complexity index is 857. The van der Waals surface area contributed by atoms with E-state index >= 15 is 0 Å². The molecule has 0 spiro atoms. The number of nitrogens with zero attached hydrogens (tertiary/aromatic N) is 1. The van der Waals surface area contributed by atoms with Gasteiger partial charge in [0.2, 0.25) is 10.0 Å². The number of sulfonamides is 1. The molecule has 0 radical (unpaired) electrons. The van der Waals surface area contributed by atoms with Gasteiger partial charge in [0.05, 0.1) is 16.1 Å². The zero-order valence-electron chi connectivity index (χ0n) is 11.8. The molecule has 8 nitrogen and oxygen atoms in total. The second-order valence-electron chi connectivity index (χ2n) is 4.49. The van der Waals surface area contributed by atoms with Gasteiger partial charge in [0.1, 0.15) is 5.75 Å². The fraction of sp³-hybridized carbons (Fsp3) is 0. The van der Waals surface area contributed by atoms with Crippen LogP contribution in [0.25, 0.3) is 0 Å². The molecule has 0 unspecified atom stereocenters. The second kappa shape index (κ2) is 6.46. The van der Waals surface area contributed by atoms with E-state index in [0.29, 0.717) is 5.69 Å². The molecule has 0 saturated heterocycles. The van der Waals surface area contributed by atoms with Gasteiger partial charge in [-0.15, -0.1) is 0 Å². The highest BCUT2D eigenvalue weighted by Gasteiger charge is 2.13. The molecule has 0 aromatic heterocycles. The molecule has 23 heavy (non-hydrogen) atoms. The Morgan fingerprint density at radius 3 is 2.26 bits per heavy atom. The number of rotatable bonds is 4. The van der Waals surface area contributed by atoms with Gasteiger partial charge in [-0.3, -0.25) is 0 Å². The van der Waals surface area contributed by atoms with E-state index in [2.05, 4.69) is 4.99 Å². The molecule has 2 aromatic rings. The van der Waals surface area contributed by atoms with E-state index in [1.807, 2.05) is 0 Å². The van der Waals surface area contributed by atoms with Gasteiger partial charge in [0, 0.05) is 0 Å². The lowest BCUT2D eigenvalue weighted by Gasteiger charge is -2.06. The molecular weight excluding hydrogens is 320 g/mol. The number of esters is 1. The third-order valence-electron chi connectivity index (χ3n) is 2.70. The van der Waals surface area contributed by atoms with Gasteiger partial charge in [0.25, 0.3) is 0 Å². The summed E-state index contributed by atoms with van der Waals surface area (Å²) in [6.45, 7) is 0. The summed E-state index contributed by atoms with van der Waals surface area (Å²) in [7, 11) is -3.90. The highest BCUT2D eigenvalue weighted by molar-refractivity contribution is 7.89. The molecule has 120 valence electrons. The fourth-order valence-electron chi connectivity index (χ4n) is 1.70. The van der Waals surface area contributed by atoms with Crippen LogP contribution in [0, 0.1) is 0 Å². The van der Waals surface area contributed by atoms with Crippen molar-refractivity contribution in [1.29, 1.82) is 0 Å². The molecule has 0 bridgehead atoms. The molecule has 0 atom stereocenters. The van der Waals surface area contributed by atoms with Crippen molar-refractivity contribution >= 4 is 27.6 Å². The van der Waals surface area contributed by atoms with E-state index in [4.69, 9.17) is 21.3 Å². The quantitative estimate of drug-likeness (QED) is 0.320. The Morgan fingerprint density at radius 1 is 1.04 bits per heavy atom. The van der Waals surface area contributed by atoms with Gasteiger partial charge in [-0.2, -0.15) is 0 Å². The lowest BCUT2D eigenvalue weighted by Crippen LogP contribution is -2.21. The molecule has 0 fully saturated rings. The molecule has 6 N–H and O–H groups in total. The number of ether oxygens (including phenoxy) is 1. The van der Waals surface area contributed by atoms with Crippen LogP contribution in [0.1, 0.15) is 10.4 Å². The van der Waals surface area contributed by atoms with Crippen LogP contribution in [0.15, 0.2) is 58.4 Å². The summed E-state index contributed by atoms with van der Waals surface area (Å²) in [5, 5.41) is 5.02. The van der Waals surface area contributed by atoms with E-state index in [1.165, 1.54) is 30.3 Å². The second-order valence-corrected chi connectivity index (χ2v) is 6.05. The summed E-state index contributed by atoms with van der Waals surface area (Å²) in [5.41, 5.74) is 11.1. The van der Waals surface area contributed by atoms with E-state index in [0.717, 1.165) is 6.07 Å². The van der Waals surface area contributed by atoms with Crippen molar-refractivity contribution in [2.75, 3.05) is 0 Å². The topological polar surface area (TPSA) is 151 Å².